The van der Waals surface area contributed by atoms with Crippen LogP contribution in [0, 0.1) is 0 Å². The molecule has 0 spiro atoms. The zero-order valence-electron chi connectivity index (χ0n) is 12.6. The number of fused-ring (bicyclic) bond motifs is 2. The van der Waals surface area contributed by atoms with Crippen molar-refractivity contribution in [3.63, 3.8) is 0 Å². The Morgan fingerprint density at radius 1 is 1.27 bits per heavy atom. The Hall–Kier alpha value is -1.78. The molecule has 1 aliphatic rings. The quantitative estimate of drug-likeness (QED) is 0.859. The summed E-state index contributed by atoms with van der Waals surface area (Å²) in [6.45, 7) is 1.84. The molecule has 0 bridgehead atoms. The van der Waals surface area contributed by atoms with Gasteiger partial charge in [-0.05, 0) is 35.7 Å². The van der Waals surface area contributed by atoms with E-state index < -0.39 is 6.10 Å². The summed E-state index contributed by atoms with van der Waals surface area (Å²) < 4.78 is 4.81. The molecule has 0 aliphatic carbocycles. The van der Waals surface area contributed by atoms with Crippen LogP contribution in [0.15, 0.2) is 52.3 Å². The molecular weight excluding hydrogens is 296 g/mol. The van der Waals surface area contributed by atoms with E-state index in [1.807, 2.05) is 49.4 Å². The minimum absolute atomic E-state index is 0.245. The molecule has 2 aromatic carbocycles. The van der Waals surface area contributed by atoms with Crippen molar-refractivity contribution in [2.24, 2.45) is 0 Å². The number of aliphatic hydroxyl groups excluding tert-OH is 1. The van der Waals surface area contributed by atoms with Gasteiger partial charge in [0.25, 0.3) is 0 Å². The van der Waals surface area contributed by atoms with Crippen LogP contribution in [0.2, 0.25) is 0 Å². The van der Waals surface area contributed by atoms with Crippen LogP contribution in [0.1, 0.15) is 35.6 Å². The predicted molar refractivity (Wildman–Crippen MR) is 86.1 cm³/mol. The van der Waals surface area contributed by atoms with Gasteiger partial charge in [0.15, 0.2) is 0 Å². The second kappa shape index (κ2) is 6.15. The number of benzene rings is 2. The molecular formula is C18H18O3S. The number of rotatable bonds is 2. The molecule has 1 aliphatic heterocycles. The van der Waals surface area contributed by atoms with Gasteiger partial charge in [0, 0.05) is 16.2 Å². The van der Waals surface area contributed by atoms with Crippen LogP contribution >= 0.6 is 11.8 Å². The van der Waals surface area contributed by atoms with Crippen LogP contribution in [0.3, 0.4) is 0 Å². The monoisotopic (exact) mass is 314 g/mol. The molecule has 22 heavy (non-hydrogen) atoms. The number of hydrogen-bond acceptors (Lipinski definition) is 4. The first-order valence-corrected chi connectivity index (χ1v) is 8.07. The average Bonchev–Trinajstić information content (AvgIpc) is 2.68. The van der Waals surface area contributed by atoms with E-state index >= 15 is 0 Å². The number of methoxy groups -OCH3 is 1. The highest BCUT2D eigenvalue weighted by Crippen LogP contribution is 2.41. The molecule has 3 rings (SSSR count). The normalized spacial score (nSPS) is 17.9. The van der Waals surface area contributed by atoms with Gasteiger partial charge in [0.05, 0.1) is 19.1 Å². The molecule has 0 saturated heterocycles. The highest BCUT2D eigenvalue weighted by atomic mass is 32.2. The topological polar surface area (TPSA) is 46.5 Å². The van der Waals surface area contributed by atoms with E-state index in [1.54, 1.807) is 11.8 Å². The third-order valence-corrected chi connectivity index (χ3v) is 5.26. The average molecular weight is 314 g/mol. The van der Waals surface area contributed by atoms with Gasteiger partial charge < -0.3 is 9.84 Å². The highest BCUT2D eigenvalue weighted by Gasteiger charge is 2.23. The number of carbonyl (C=O) groups is 1. The fraction of sp³-hybridized carbons (Fsp3) is 0.278. The molecule has 1 N–H and O–H groups in total. The maximum Gasteiger partial charge on any atom is 0.312 e. The Labute approximate surface area is 134 Å². The van der Waals surface area contributed by atoms with E-state index in [9.17, 15) is 9.90 Å². The highest BCUT2D eigenvalue weighted by molar-refractivity contribution is 7.99. The minimum Gasteiger partial charge on any atom is -0.469 e. The Morgan fingerprint density at radius 2 is 2.05 bits per heavy atom. The smallest absolute Gasteiger partial charge is 0.312 e. The fourth-order valence-corrected chi connectivity index (χ4v) is 3.84. The molecule has 0 amide bonds. The third kappa shape index (κ3) is 2.76. The largest absolute Gasteiger partial charge is 0.469 e. The maximum atomic E-state index is 11.7. The molecule has 0 fully saturated rings. The molecule has 2 atom stereocenters. The molecule has 0 aromatic heterocycles. The summed E-state index contributed by atoms with van der Waals surface area (Å²) in [7, 11) is 1.40. The number of hydrogen-bond donors (Lipinski definition) is 1. The molecule has 2 aromatic rings. The van der Waals surface area contributed by atoms with Gasteiger partial charge in [-0.2, -0.15) is 0 Å². The Kier molecular flexibility index (Phi) is 4.23. The van der Waals surface area contributed by atoms with Gasteiger partial charge in [-0.15, -0.1) is 0 Å². The van der Waals surface area contributed by atoms with Crippen LogP contribution in [0.4, 0.5) is 0 Å². The molecule has 3 nitrogen and oxygen atoms in total. The summed E-state index contributed by atoms with van der Waals surface area (Å²) in [5, 5.41) is 10.5. The lowest BCUT2D eigenvalue weighted by Crippen LogP contribution is -2.11. The lowest BCUT2D eigenvalue weighted by atomic mass is 9.95. The van der Waals surface area contributed by atoms with Gasteiger partial charge in [0.1, 0.15) is 0 Å². The zero-order chi connectivity index (χ0) is 15.7. The van der Waals surface area contributed by atoms with Crippen LogP contribution in [-0.4, -0.2) is 18.2 Å². The molecule has 0 radical (unpaired) electrons. The van der Waals surface area contributed by atoms with Crippen molar-refractivity contribution in [3.8, 4) is 0 Å². The van der Waals surface area contributed by atoms with Crippen LogP contribution in [-0.2, 0) is 16.0 Å². The van der Waals surface area contributed by atoms with E-state index in [1.165, 1.54) is 7.11 Å². The fourth-order valence-electron chi connectivity index (χ4n) is 2.73. The second-order valence-corrected chi connectivity index (χ2v) is 6.56. The summed E-state index contributed by atoms with van der Waals surface area (Å²) in [5.41, 5.74) is 2.96. The van der Waals surface area contributed by atoms with E-state index in [0.29, 0.717) is 6.42 Å². The number of carbonyl (C=O) groups excluding carboxylic acids is 1. The SMILES string of the molecule is COC(=O)C(C)c1ccc2c(c1)CC(O)c1ccccc1S2. The van der Waals surface area contributed by atoms with Crippen LogP contribution in [0.25, 0.3) is 0 Å². The standard InChI is InChI=1S/C18H18O3S/c1-11(18(20)21-2)12-7-8-16-13(9-12)10-15(19)14-5-3-4-6-17(14)22-16/h3-9,11,15,19H,10H2,1-2H3. The predicted octanol–water partition coefficient (Wildman–Crippen LogP) is 3.70. The van der Waals surface area contributed by atoms with Crippen molar-refractivity contribution in [2.75, 3.05) is 7.11 Å². The van der Waals surface area contributed by atoms with Crippen LogP contribution < -0.4 is 0 Å². The van der Waals surface area contributed by atoms with Gasteiger partial charge in [-0.1, -0.05) is 42.1 Å². The van der Waals surface area contributed by atoms with E-state index in [0.717, 1.165) is 26.5 Å². The maximum absolute atomic E-state index is 11.7. The summed E-state index contributed by atoms with van der Waals surface area (Å²) in [5.74, 6) is -0.548. The van der Waals surface area contributed by atoms with Gasteiger partial charge in [-0.3, -0.25) is 4.79 Å². The van der Waals surface area contributed by atoms with E-state index in [4.69, 9.17) is 4.74 Å². The lowest BCUT2D eigenvalue weighted by Gasteiger charge is -2.14. The molecule has 1 heterocycles. The summed E-state index contributed by atoms with van der Waals surface area (Å²) in [6, 6.07) is 13.9. The van der Waals surface area contributed by atoms with Crippen molar-refractivity contribution in [1.29, 1.82) is 0 Å². The minimum atomic E-state index is -0.520. The van der Waals surface area contributed by atoms with E-state index in [2.05, 4.69) is 0 Å². The number of esters is 1. The van der Waals surface area contributed by atoms with Crippen molar-refractivity contribution in [1.82, 2.24) is 0 Å². The van der Waals surface area contributed by atoms with Crippen molar-refractivity contribution in [2.45, 2.75) is 35.2 Å². The van der Waals surface area contributed by atoms with Crippen molar-refractivity contribution < 1.29 is 14.6 Å². The third-order valence-electron chi connectivity index (χ3n) is 4.05. The van der Waals surface area contributed by atoms with E-state index in [-0.39, 0.29) is 11.9 Å². The molecule has 4 heteroatoms. The molecule has 2 unspecified atom stereocenters. The number of ether oxygens (including phenoxy) is 1. The van der Waals surface area contributed by atoms with Gasteiger partial charge >= 0.3 is 5.97 Å². The van der Waals surface area contributed by atoms with Crippen LogP contribution in [0.5, 0.6) is 0 Å². The molecule has 0 saturated carbocycles. The Balaban J connectivity index is 1.98. The lowest BCUT2D eigenvalue weighted by molar-refractivity contribution is -0.141. The second-order valence-electron chi connectivity index (χ2n) is 5.47. The first-order valence-electron chi connectivity index (χ1n) is 7.25. The van der Waals surface area contributed by atoms with Crippen molar-refractivity contribution >= 4 is 17.7 Å². The zero-order valence-corrected chi connectivity index (χ0v) is 13.4. The van der Waals surface area contributed by atoms with Gasteiger partial charge in [-0.25, -0.2) is 0 Å². The first kappa shape index (κ1) is 15.1. The Morgan fingerprint density at radius 3 is 2.82 bits per heavy atom. The number of aliphatic hydroxyl groups is 1. The van der Waals surface area contributed by atoms with Crippen molar-refractivity contribution in [3.05, 3.63) is 59.2 Å². The summed E-state index contributed by atoms with van der Waals surface area (Å²) in [4.78, 5) is 13.9. The first-order chi connectivity index (χ1) is 10.6. The summed E-state index contributed by atoms with van der Waals surface area (Å²) in [6.07, 6.45) is 0.0368. The molecule has 114 valence electrons. The van der Waals surface area contributed by atoms with Gasteiger partial charge in [0.2, 0.25) is 0 Å². The summed E-state index contributed by atoms with van der Waals surface area (Å²) >= 11 is 1.67. The Bertz CT molecular complexity index is 711.